The molecule has 2 atom stereocenters. The smallest absolute Gasteiger partial charge is 0.416 e. The molecule has 0 spiro atoms. The van der Waals surface area contributed by atoms with Crippen LogP contribution in [0.1, 0.15) is 38.0 Å². The number of amides is 2. The molecule has 8 nitrogen and oxygen atoms in total. The molecule has 0 unspecified atom stereocenters. The molecule has 0 bridgehead atoms. The Bertz CT molecular complexity index is 947. The van der Waals surface area contributed by atoms with E-state index in [1.165, 1.54) is 6.20 Å². The lowest BCUT2D eigenvalue weighted by Crippen LogP contribution is -2.50. The third kappa shape index (κ3) is 7.35. The second-order valence-corrected chi connectivity index (χ2v) is 10.0. The van der Waals surface area contributed by atoms with E-state index in [1.54, 1.807) is 20.8 Å². The molecule has 3 N–H and O–H groups in total. The maximum atomic E-state index is 12.8. The number of hydrogen-bond donors (Lipinski definition) is 3. The summed E-state index contributed by atoms with van der Waals surface area (Å²) in [5.41, 5.74) is -1.74. The topological polar surface area (TPSA) is 112 Å². The lowest BCUT2D eigenvalue weighted by atomic mass is 10.0. The number of thiazole rings is 1. The summed E-state index contributed by atoms with van der Waals surface area (Å²) >= 11 is 4.19. The van der Waals surface area contributed by atoms with Crippen LogP contribution >= 0.6 is 27.3 Å². The van der Waals surface area contributed by atoms with Gasteiger partial charge in [-0.05, 0) is 54.4 Å². The minimum absolute atomic E-state index is 0.0460. The van der Waals surface area contributed by atoms with Gasteiger partial charge in [-0.3, -0.25) is 4.90 Å². The summed E-state index contributed by atoms with van der Waals surface area (Å²) in [6.45, 7) is 4.40. The molecule has 0 aliphatic carbocycles. The first-order valence-electron chi connectivity index (χ1n) is 9.14. The highest BCUT2D eigenvalue weighted by Gasteiger charge is 2.33. The number of carbonyl (C=O) groups excluding carboxylic acids is 1. The number of halogens is 4. The van der Waals surface area contributed by atoms with E-state index in [2.05, 4.69) is 26.2 Å². The zero-order chi connectivity index (χ0) is 24.3. The number of aliphatic hydroxyl groups excluding tert-OH is 1. The highest BCUT2D eigenvalue weighted by atomic mass is 79.9. The summed E-state index contributed by atoms with van der Waals surface area (Å²) in [5, 5.41) is 22.9. The lowest BCUT2D eigenvalue weighted by Gasteiger charge is -2.29. The molecular formula is C19H21BrF3N3O5S. The van der Waals surface area contributed by atoms with E-state index in [0.29, 0.717) is 3.79 Å². The summed E-state index contributed by atoms with van der Waals surface area (Å²) in [6, 6.07) is 2.43. The Balaban J connectivity index is 2.34. The van der Waals surface area contributed by atoms with Crippen molar-refractivity contribution in [2.45, 2.75) is 44.7 Å². The largest absolute Gasteiger partial charge is 0.465 e. The monoisotopic (exact) mass is 539 g/mol. The number of aromatic nitrogens is 1. The van der Waals surface area contributed by atoms with Crippen LogP contribution in [-0.2, 0) is 10.9 Å². The molecule has 1 aromatic heterocycles. The standard InChI is InChI=1S/C19H21BrF3N3O5S/c1-18(2,3)31-16(28)25-12(9-26(17(29)30)15-24-8-13(20)32-15)14(27)10-4-6-11(7-5-10)19(21,22)23/h4-8,12,14,27H,9H2,1-3H3,(H,25,28)(H,29,30)/t12-,14+/m1/s1. The fourth-order valence-corrected chi connectivity index (χ4v) is 3.78. The number of benzene rings is 1. The molecular weight excluding hydrogens is 519 g/mol. The average molecular weight is 540 g/mol. The minimum atomic E-state index is -4.56. The van der Waals surface area contributed by atoms with Crippen LogP contribution in [0.4, 0.5) is 27.9 Å². The second-order valence-electron chi connectivity index (χ2n) is 7.66. The molecule has 13 heteroatoms. The molecule has 2 rings (SSSR count). The second kappa shape index (κ2) is 10.0. The molecule has 0 saturated carbocycles. The lowest BCUT2D eigenvalue weighted by molar-refractivity contribution is -0.137. The third-order valence-corrected chi connectivity index (χ3v) is 5.47. The number of ether oxygens (including phenoxy) is 1. The zero-order valence-corrected chi connectivity index (χ0v) is 19.6. The van der Waals surface area contributed by atoms with E-state index in [0.717, 1.165) is 40.5 Å². The Morgan fingerprint density at radius 1 is 1.25 bits per heavy atom. The molecule has 2 amide bonds. The Labute approximate surface area is 194 Å². The van der Waals surface area contributed by atoms with Gasteiger partial charge in [-0.15, -0.1) is 0 Å². The van der Waals surface area contributed by atoms with Crippen molar-refractivity contribution in [2.75, 3.05) is 11.4 Å². The first kappa shape index (κ1) is 25.9. The van der Waals surface area contributed by atoms with Crippen LogP contribution in [0.5, 0.6) is 0 Å². The van der Waals surface area contributed by atoms with Gasteiger partial charge in [0.2, 0.25) is 0 Å². The van der Waals surface area contributed by atoms with Gasteiger partial charge in [0.1, 0.15) is 11.7 Å². The van der Waals surface area contributed by atoms with Crippen molar-refractivity contribution in [2.24, 2.45) is 0 Å². The fraction of sp³-hybridized carbons (Fsp3) is 0.421. The number of alkyl halides is 3. The molecule has 0 fully saturated rings. The fourth-order valence-electron chi connectivity index (χ4n) is 2.59. The SMILES string of the molecule is CC(C)(C)OC(=O)N[C@H](CN(C(=O)O)c1ncc(Br)s1)[C@@H](O)c1ccc(C(F)(F)F)cc1. The van der Waals surface area contributed by atoms with E-state index in [1.807, 2.05) is 0 Å². The number of alkyl carbamates (subject to hydrolysis) is 1. The molecule has 0 radical (unpaired) electrons. The Morgan fingerprint density at radius 2 is 1.84 bits per heavy atom. The van der Waals surface area contributed by atoms with E-state index < -0.39 is 48.2 Å². The van der Waals surface area contributed by atoms with Gasteiger partial charge in [-0.1, -0.05) is 23.5 Å². The Kier molecular flexibility index (Phi) is 8.12. The average Bonchev–Trinajstić information content (AvgIpc) is 3.08. The van der Waals surface area contributed by atoms with Gasteiger partial charge < -0.3 is 20.3 Å². The maximum absolute atomic E-state index is 12.8. The zero-order valence-electron chi connectivity index (χ0n) is 17.2. The first-order valence-corrected chi connectivity index (χ1v) is 10.7. The quantitative estimate of drug-likeness (QED) is 0.474. The highest BCUT2D eigenvalue weighted by molar-refractivity contribution is 9.11. The van der Waals surface area contributed by atoms with Gasteiger partial charge >= 0.3 is 18.4 Å². The summed E-state index contributed by atoms with van der Waals surface area (Å²) in [4.78, 5) is 28.9. The van der Waals surface area contributed by atoms with Crippen molar-refractivity contribution in [3.8, 4) is 0 Å². The number of carbonyl (C=O) groups is 2. The predicted octanol–water partition coefficient (Wildman–Crippen LogP) is 5.04. The van der Waals surface area contributed by atoms with Crippen LogP contribution in [-0.4, -0.2) is 45.6 Å². The number of rotatable bonds is 6. The van der Waals surface area contributed by atoms with Gasteiger partial charge in [-0.25, -0.2) is 14.6 Å². The first-order chi connectivity index (χ1) is 14.7. The van der Waals surface area contributed by atoms with Crippen molar-refractivity contribution in [1.29, 1.82) is 0 Å². The number of hydrogen-bond acceptors (Lipinski definition) is 6. The van der Waals surface area contributed by atoms with Crippen LogP contribution in [0.2, 0.25) is 0 Å². The van der Waals surface area contributed by atoms with Crippen LogP contribution in [0.3, 0.4) is 0 Å². The number of aliphatic hydroxyl groups is 1. The molecule has 1 aromatic carbocycles. The summed E-state index contributed by atoms with van der Waals surface area (Å²) < 4.78 is 44.3. The van der Waals surface area contributed by atoms with Gasteiger partial charge in [-0.2, -0.15) is 13.2 Å². The van der Waals surface area contributed by atoms with Crippen molar-refractivity contribution < 1.29 is 37.7 Å². The van der Waals surface area contributed by atoms with Crippen LogP contribution in [0.15, 0.2) is 34.2 Å². The van der Waals surface area contributed by atoms with Crippen molar-refractivity contribution in [1.82, 2.24) is 10.3 Å². The summed E-state index contributed by atoms with van der Waals surface area (Å²) in [7, 11) is 0. The number of carboxylic acid groups (broad SMARTS) is 1. The summed E-state index contributed by atoms with van der Waals surface area (Å²) in [6.07, 6.45) is -7.05. The molecule has 32 heavy (non-hydrogen) atoms. The molecule has 0 aliphatic rings. The van der Waals surface area contributed by atoms with E-state index in [9.17, 15) is 33.0 Å². The van der Waals surface area contributed by atoms with Crippen LogP contribution < -0.4 is 10.2 Å². The molecule has 0 aliphatic heterocycles. The Morgan fingerprint density at radius 3 is 2.28 bits per heavy atom. The van der Waals surface area contributed by atoms with E-state index in [-0.39, 0.29) is 10.7 Å². The Hall–Kier alpha value is -2.38. The number of nitrogens with zero attached hydrogens (tertiary/aromatic N) is 2. The number of anilines is 1. The third-order valence-electron chi connectivity index (χ3n) is 3.97. The van der Waals surface area contributed by atoms with Crippen LogP contribution in [0.25, 0.3) is 0 Å². The van der Waals surface area contributed by atoms with Crippen molar-refractivity contribution in [3.63, 3.8) is 0 Å². The van der Waals surface area contributed by atoms with Gasteiger partial charge in [0.15, 0.2) is 5.13 Å². The summed E-state index contributed by atoms with van der Waals surface area (Å²) in [5.74, 6) is 0. The number of nitrogens with one attached hydrogen (secondary N) is 1. The van der Waals surface area contributed by atoms with Crippen molar-refractivity contribution in [3.05, 3.63) is 45.4 Å². The highest BCUT2D eigenvalue weighted by Crippen LogP contribution is 2.31. The maximum Gasteiger partial charge on any atom is 0.416 e. The van der Waals surface area contributed by atoms with E-state index in [4.69, 9.17) is 4.74 Å². The van der Waals surface area contributed by atoms with Crippen molar-refractivity contribution >= 4 is 44.6 Å². The molecule has 0 saturated heterocycles. The van der Waals surface area contributed by atoms with Crippen LogP contribution in [0, 0.1) is 0 Å². The van der Waals surface area contributed by atoms with Gasteiger partial charge in [0.25, 0.3) is 0 Å². The normalized spacial score (nSPS) is 13.9. The van der Waals surface area contributed by atoms with Gasteiger partial charge in [0, 0.05) is 0 Å². The predicted molar refractivity (Wildman–Crippen MR) is 115 cm³/mol. The molecule has 176 valence electrons. The van der Waals surface area contributed by atoms with E-state index >= 15 is 0 Å². The molecule has 2 aromatic rings. The minimum Gasteiger partial charge on any atom is -0.465 e. The molecule has 1 heterocycles. The van der Waals surface area contributed by atoms with Gasteiger partial charge in [0.05, 0.1) is 28.1 Å².